The number of rotatable bonds is 6. The number of alkyl halides is 2. The lowest BCUT2D eigenvalue weighted by Gasteiger charge is -2.11. The molecule has 3 rings (SSSR count). The number of H-pyrrole nitrogens is 1. The van der Waals surface area contributed by atoms with Crippen LogP contribution in [-0.2, 0) is 17.0 Å². The van der Waals surface area contributed by atoms with E-state index < -0.39 is 6.55 Å². The summed E-state index contributed by atoms with van der Waals surface area (Å²) in [5.74, 6) is 0.437. The molecule has 0 aromatic carbocycles. The van der Waals surface area contributed by atoms with E-state index in [1.807, 2.05) is 0 Å². The van der Waals surface area contributed by atoms with Crippen LogP contribution in [0.2, 0.25) is 0 Å². The van der Waals surface area contributed by atoms with Crippen LogP contribution < -0.4 is 5.69 Å². The third-order valence-corrected chi connectivity index (χ3v) is 4.40. The van der Waals surface area contributed by atoms with Crippen LogP contribution in [0.3, 0.4) is 0 Å². The second-order valence-corrected chi connectivity index (χ2v) is 5.82. The molecule has 1 atom stereocenters. The Morgan fingerprint density at radius 1 is 1.55 bits per heavy atom. The molecule has 2 aromatic rings. The maximum absolute atomic E-state index is 12.8. The summed E-state index contributed by atoms with van der Waals surface area (Å²) < 4.78 is 33.3. The molecule has 0 bridgehead atoms. The van der Waals surface area contributed by atoms with Gasteiger partial charge in [0, 0.05) is 19.0 Å². The average molecular weight is 331 g/mol. The summed E-state index contributed by atoms with van der Waals surface area (Å²) in [6, 6.07) is 0. The first-order valence-corrected chi connectivity index (χ1v) is 7.83. The maximum Gasteiger partial charge on any atom is 0.344 e. The van der Waals surface area contributed by atoms with Gasteiger partial charge in [-0.25, -0.2) is 14.9 Å². The number of nitrogens with zero attached hydrogens (tertiary/aromatic N) is 4. The molecule has 0 aliphatic carbocycles. The summed E-state index contributed by atoms with van der Waals surface area (Å²) >= 11 is 1.19. The number of nitrogens with one attached hydrogen (secondary N) is 1. The zero-order valence-corrected chi connectivity index (χ0v) is 12.4. The number of imidazole rings is 1. The highest BCUT2D eigenvalue weighted by Gasteiger charge is 2.20. The van der Waals surface area contributed by atoms with Gasteiger partial charge in [0.05, 0.1) is 18.4 Å². The lowest BCUT2D eigenvalue weighted by molar-refractivity contribution is 0.0678. The standard InChI is InChI=1S/C12H15F2N5O2S/c13-10(14)18-4-3-15-9(18)7-22-12-17-16-11(20)19(12)6-8-2-1-5-21-8/h3-4,8,10H,1-2,5-7H2,(H,16,20). The van der Waals surface area contributed by atoms with Crippen LogP contribution in [0.15, 0.2) is 22.3 Å². The van der Waals surface area contributed by atoms with Gasteiger partial charge in [0.1, 0.15) is 5.82 Å². The largest absolute Gasteiger partial charge is 0.376 e. The van der Waals surface area contributed by atoms with Crippen molar-refractivity contribution in [2.24, 2.45) is 0 Å². The van der Waals surface area contributed by atoms with Gasteiger partial charge in [-0.05, 0) is 12.8 Å². The molecule has 120 valence electrons. The van der Waals surface area contributed by atoms with Crippen LogP contribution >= 0.6 is 11.8 Å². The van der Waals surface area contributed by atoms with E-state index in [4.69, 9.17) is 4.74 Å². The molecule has 1 aliphatic heterocycles. The smallest absolute Gasteiger partial charge is 0.344 e. The van der Waals surface area contributed by atoms with E-state index >= 15 is 0 Å². The van der Waals surface area contributed by atoms with Gasteiger partial charge in [-0.2, -0.15) is 8.78 Å². The summed E-state index contributed by atoms with van der Waals surface area (Å²) in [7, 11) is 0. The molecular weight excluding hydrogens is 316 g/mol. The Labute approximate surface area is 128 Å². The molecule has 0 saturated carbocycles. The van der Waals surface area contributed by atoms with Crippen LogP contribution in [0.4, 0.5) is 8.78 Å². The predicted molar refractivity (Wildman–Crippen MR) is 74.9 cm³/mol. The summed E-state index contributed by atoms with van der Waals surface area (Å²) in [5, 5.41) is 6.77. The Balaban J connectivity index is 1.70. The Kier molecular flexibility index (Phi) is 4.57. The second kappa shape index (κ2) is 6.61. The predicted octanol–water partition coefficient (Wildman–Crippen LogP) is 1.63. The Bertz CT molecular complexity index is 677. The van der Waals surface area contributed by atoms with E-state index in [2.05, 4.69) is 15.2 Å². The lowest BCUT2D eigenvalue weighted by Crippen LogP contribution is -2.25. The molecule has 0 spiro atoms. The van der Waals surface area contributed by atoms with Crippen molar-refractivity contribution in [3.05, 3.63) is 28.7 Å². The highest BCUT2D eigenvalue weighted by atomic mass is 32.2. The molecule has 1 N–H and O–H groups in total. The van der Waals surface area contributed by atoms with E-state index in [0.717, 1.165) is 17.4 Å². The van der Waals surface area contributed by atoms with Crippen molar-refractivity contribution in [2.75, 3.05) is 6.61 Å². The number of aromatic nitrogens is 5. The van der Waals surface area contributed by atoms with E-state index in [9.17, 15) is 13.6 Å². The highest BCUT2D eigenvalue weighted by molar-refractivity contribution is 7.98. The topological polar surface area (TPSA) is 77.7 Å². The van der Waals surface area contributed by atoms with Crippen LogP contribution in [0.25, 0.3) is 0 Å². The highest BCUT2D eigenvalue weighted by Crippen LogP contribution is 2.23. The quantitative estimate of drug-likeness (QED) is 0.814. The van der Waals surface area contributed by atoms with Gasteiger partial charge in [0.25, 0.3) is 0 Å². The first-order chi connectivity index (χ1) is 10.6. The molecule has 3 heterocycles. The molecular formula is C12H15F2N5O2S. The number of thioether (sulfide) groups is 1. The molecule has 22 heavy (non-hydrogen) atoms. The lowest BCUT2D eigenvalue weighted by atomic mass is 10.2. The van der Waals surface area contributed by atoms with Crippen LogP contribution in [0.1, 0.15) is 25.2 Å². The fourth-order valence-corrected chi connectivity index (χ4v) is 3.23. The van der Waals surface area contributed by atoms with E-state index in [0.29, 0.717) is 18.3 Å². The molecule has 0 amide bonds. The summed E-state index contributed by atoms with van der Waals surface area (Å²) in [5.41, 5.74) is -0.324. The summed E-state index contributed by atoms with van der Waals surface area (Å²) in [6.45, 7) is -1.52. The third kappa shape index (κ3) is 3.22. The van der Waals surface area contributed by atoms with Crippen LogP contribution in [0.5, 0.6) is 0 Å². The summed E-state index contributed by atoms with van der Waals surface area (Å²) in [4.78, 5) is 15.7. The zero-order chi connectivity index (χ0) is 15.5. The number of aromatic amines is 1. The SMILES string of the molecule is O=c1[nH]nc(SCc2nccn2C(F)F)n1CC1CCCO1. The maximum atomic E-state index is 12.8. The van der Waals surface area contributed by atoms with Crippen molar-refractivity contribution in [1.82, 2.24) is 24.3 Å². The number of ether oxygens (including phenoxy) is 1. The van der Waals surface area contributed by atoms with Crippen molar-refractivity contribution in [3.8, 4) is 0 Å². The van der Waals surface area contributed by atoms with Gasteiger partial charge in [0.2, 0.25) is 0 Å². The fourth-order valence-electron chi connectivity index (χ4n) is 2.33. The van der Waals surface area contributed by atoms with Crippen molar-refractivity contribution in [2.45, 2.75) is 42.9 Å². The van der Waals surface area contributed by atoms with Gasteiger partial charge < -0.3 is 4.74 Å². The minimum absolute atomic E-state index is 0.00213. The van der Waals surface area contributed by atoms with Crippen molar-refractivity contribution < 1.29 is 13.5 Å². The molecule has 1 aliphatic rings. The number of hydrogen-bond acceptors (Lipinski definition) is 5. The van der Waals surface area contributed by atoms with Crippen molar-refractivity contribution in [3.63, 3.8) is 0 Å². The summed E-state index contributed by atoms with van der Waals surface area (Å²) in [6.07, 6.45) is 4.43. The van der Waals surface area contributed by atoms with Crippen LogP contribution in [0, 0.1) is 0 Å². The van der Waals surface area contributed by atoms with Gasteiger partial charge >= 0.3 is 12.2 Å². The molecule has 0 radical (unpaired) electrons. The zero-order valence-electron chi connectivity index (χ0n) is 11.6. The van der Waals surface area contributed by atoms with Gasteiger partial charge in [0.15, 0.2) is 5.16 Å². The molecule has 1 unspecified atom stereocenters. The average Bonchev–Trinajstić information content (AvgIpc) is 3.21. The first-order valence-electron chi connectivity index (χ1n) is 6.84. The molecule has 2 aromatic heterocycles. The van der Waals surface area contributed by atoms with Crippen molar-refractivity contribution in [1.29, 1.82) is 0 Å². The Hall–Kier alpha value is -1.68. The van der Waals surface area contributed by atoms with Crippen LogP contribution in [-0.4, -0.2) is 37.0 Å². The van der Waals surface area contributed by atoms with Gasteiger partial charge in [-0.3, -0.25) is 9.13 Å². The van der Waals surface area contributed by atoms with E-state index in [-0.39, 0.29) is 23.4 Å². The minimum atomic E-state index is -2.63. The third-order valence-electron chi connectivity index (χ3n) is 3.42. The first kappa shape index (κ1) is 15.2. The van der Waals surface area contributed by atoms with Gasteiger partial charge in [-0.1, -0.05) is 11.8 Å². The second-order valence-electron chi connectivity index (χ2n) is 4.87. The minimum Gasteiger partial charge on any atom is -0.376 e. The van der Waals surface area contributed by atoms with E-state index in [1.165, 1.54) is 28.7 Å². The molecule has 7 nitrogen and oxygen atoms in total. The molecule has 1 saturated heterocycles. The number of hydrogen-bond donors (Lipinski definition) is 1. The normalized spacial score (nSPS) is 18.4. The Morgan fingerprint density at radius 3 is 3.14 bits per heavy atom. The fraction of sp³-hybridized carbons (Fsp3) is 0.583. The van der Waals surface area contributed by atoms with Gasteiger partial charge in [-0.15, -0.1) is 5.10 Å². The monoisotopic (exact) mass is 331 g/mol. The van der Waals surface area contributed by atoms with Crippen molar-refractivity contribution >= 4 is 11.8 Å². The Morgan fingerprint density at radius 2 is 2.41 bits per heavy atom. The van der Waals surface area contributed by atoms with E-state index in [1.54, 1.807) is 0 Å². The molecule has 1 fully saturated rings. The number of halogens is 2. The molecule has 10 heteroatoms.